The summed E-state index contributed by atoms with van der Waals surface area (Å²) in [5.41, 5.74) is 6.52. The molecule has 0 unspecified atom stereocenters. The molecule has 0 aliphatic carbocycles. The molecule has 108 valence electrons. The summed E-state index contributed by atoms with van der Waals surface area (Å²) in [5, 5.41) is 0. The molecule has 0 aliphatic heterocycles. The van der Waals surface area contributed by atoms with Gasteiger partial charge in [0.2, 0.25) is 0 Å². The Bertz CT molecular complexity index is 702. The van der Waals surface area contributed by atoms with Crippen molar-refractivity contribution >= 4 is 33.7 Å². The van der Waals surface area contributed by atoms with Crippen LogP contribution in [0.3, 0.4) is 0 Å². The zero-order chi connectivity index (χ0) is 15.2. The summed E-state index contributed by atoms with van der Waals surface area (Å²) in [4.78, 5) is 0. The minimum absolute atomic E-state index is 0.973. The van der Waals surface area contributed by atoms with Crippen LogP contribution in [0.4, 0.5) is 0 Å². The average Bonchev–Trinajstić information content (AvgIpc) is 2.62. The molecule has 0 bridgehead atoms. The third-order valence-electron chi connectivity index (χ3n) is 3.68. The van der Waals surface area contributed by atoms with Gasteiger partial charge in [0.1, 0.15) is 0 Å². The smallest absolute Gasteiger partial charge is 0.0259 e. The summed E-state index contributed by atoms with van der Waals surface area (Å²) < 4.78 is 0.973. The molecule has 0 nitrogen and oxygen atoms in total. The van der Waals surface area contributed by atoms with Crippen LogP contribution in [-0.4, -0.2) is 4.43 Å². The van der Waals surface area contributed by atoms with Gasteiger partial charge in [0.05, 0.1) is 0 Å². The van der Waals surface area contributed by atoms with E-state index in [1.54, 1.807) is 0 Å². The standard InChI is InChI=1S/C21H17I/c22-16-20(17-10-4-1-5-11-17)21(18-12-6-2-7-13-18)19-14-8-3-9-15-19/h1-15H,16H2. The Morgan fingerprint density at radius 2 is 0.909 bits per heavy atom. The minimum atomic E-state index is 0.973. The van der Waals surface area contributed by atoms with Crippen molar-refractivity contribution in [2.45, 2.75) is 0 Å². The fourth-order valence-corrected chi connectivity index (χ4v) is 3.47. The normalized spacial score (nSPS) is 10.2. The second kappa shape index (κ2) is 7.41. The van der Waals surface area contributed by atoms with Crippen molar-refractivity contribution in [1.29, 1.82) is 0 Å². The molecule has 0 radical (unpaired) electrons. The van der Waals surface area contributed by atoms with Crippen molar-refractivity contribution in [2.75, 3.05) is 4.43 Å². The first-order valence-electron chi connectivity index (χ1n) is 7.35. The Kier molecular flexibility index (Phi) is 5.07. The largest absolute Gasteiger partial charge is 0.0811 e. The summed E-state index contributed by atoms with van der Waals surface area (Å²) in [6.45, 7) is 0. The molecule has 0 saturated carbocycles. The molecular formula is C21H17I. The van der Waals surface area contributed by atoms with E-state index >= 15 is 0 Å². The highest BCUT2D eigenvalue weighted by Crippen LogP contribution is 2.33. The van der Waals surface area contributed by atoms with Gasteiger partial charge < -0.3 is 0 Å². The molecule has 0 N–H and O–H groups in total. The van der Waals surface area contributed by atoms with Crippen LogP contribution < -0.4 is 0 Å². The van der Waals surface area contributed by atoms with Crippen molar-refractivity contribution in [1.82, 2.24) is 0 Å². The van der Waals surface area contributed by atoms with Crippen LogP contribution in [0.25, 0.3) is 11.1 Å². The van der Waals surface area contributed by atoms with Crippen molar-refractivity contribution in [3.8, 4) is 0 Å². The van der Waals surface area contributed by atoms with Gasteiger partial charge >= 0.3 is 0 Å². The highest BCUT2D eigenvalue weighted by Gasteiger charge is 2.12. The molecule has 0 fully saturated rings. The zero-order valence-electron chi connectivity index (χ0n) is 12.2. The van der Waals surface area contributed by atoms with Gasteiger partial charge in [0.15, 0.2) is 0 Å². The molecule has 0 atom stereocenters. The topological polar surface area (TPSA) is 0 Å². The van der Waals surface area contributed by atoms with Crippen LogP contribution >= 0.6 is 22.6 Å². The van der Waals surface area contributed by atoms with Crippen molar-refractivity contribution in [2.24, 2.45) is 0 Å². The quantitative estimate of drug-likeness (QED) is 0.285. The maximum absolute atomic E-state index is 2.46. The molecule has 22 heavy (non-hydrogen) atoms. The summed E-state index contributed by atoms with van der Waals surface area (Å²) >= 11 is 2.46. The van der Waals surface area contributed by atoms with Crippen molar-refractivity contribution in [3.63, 3.8) is 0 Å². The third kappa shape index (κ3) is 3.30. The second-order valence-electron chi connectivity index (χ2n) is 5.09. The van der Waals surface area contributed by atoms with Crippen LogP contribution in [0, 0.1) is 0 Å². The predicted molar refractivity (Wildman–Crippen MR) is 104 cm³/mol. The Morgan fingerprint density at radius 1 is 0.545 bits per heavy atom. The second-order valence-corrected chi connectivity index (χ2v) is 5.85. The number of alkyl halides is 1. The van der Waals surface area contributed by atoms with Gasteiger partial charge in [-0.3, -0.25) is 0 Å². The Balaban J connectivity index is 2.27. The first kappa shape index (κ1) is 15.0. The lowest BCUT2D eigenvalue weighted by atomic mass is 9.90. The number of hydrogen-bond donors (Lipinski definition) is 0. The molecule has 0 amide bonds. The third-order valence-corrected chi connectivity index (χ3v) is 4.45. The summed E-state index contributed by atoms with van der Waals surface area (Å²) in [5.74, 6) is 0. The average molecular weight is 396 g/mol. The van der Waals surface area contributed by atoms with Crippen LogP contribution in [0.1, 0.15) is 16.7 Å². The zero-order valence-corrected chi connectivity index (χ0v) is 14.4. The Morgan fingerprint density at radius 3 is 1.27 bits per heavy atom. The highest BCUT2D eigenvalue weighted by atomic mass is 127. The van der Waals surface area contributed by atoms with E-state index in [0.717, 1.165) is 4.43 Å². The summed E-state index contributed by atoms with van der Waals surface area (Å²) in [7, 11) is 0. The van der Waals surface area contributed by atoms with Crippen molar-refractivity contribution in [3.05, 3.63) is 108 Å². The lowest BCUT2D eigenvalue weighted by Crippen LogP contribution is -1.96. The van der Waals surface area contributed by atoms with E-state index in [-0.39, 0.29) is 0 Å². The molecular weight excluding hydrogens is 379 g/mol. The van der Waals surface area contributed by atoms with E-state index in [9.17, 15) is 0 Å². The van der Waals surface area contributed by atoms with Gasteiger partial charge in [-0.05, 0) is 27.8 Å². The van der Waals surface area contributed by atoms with Gasteiger partial charge in [-0.2, -0.15) is 0 Å². The molecule has 1 heteroatoms. The molecule has 0 aliphatic rings. The van der Waals surface area contributed by atoms with E-state index in [4.69, 9.17) is 0 Å². The lowest BCUT2D eigenvalue weighted by molar-refractivity contribution is 1.52. The Hall–Kier alpha value is -1.87. The predicted octanol–water partition coefficient (Wildman–Crippen LogP) is 6.08. The molecule has 0 heterocycles. The Labute approximate surface area is 145 Å². The van der Waals surface area contributed by atoms with E-state index in [0.29, 0.717) is 0 Å². The van der Waals surface area contributed by atoms with E-state index in [2.05, 4.69) is 114 Å². The van der Waals surface area contributed by atoms with Gasteiger partial charge in [-0.25, -0.2) is 0 Å². The lowest BCUT2D eigenvalue weighted by Gasteiger charge is -2.15. The van der Waals surface area contributed by atoms with E-state index in [1.165, 1.54) is 27.8 Å². The highest BCUT2D eigenvalue weighted by molar-refractivity contribution is 14.1. The van der Waals surface area contributed by atoms with Crippen molar-refractivity contribution < 1.29 is 0 Å². The van der Waals surface area contributed by atoms with Crippen LogP contribution in [0.2, 0.25) is 0 Å². The summed E-state index contributed by atoms with van der Waals surface area (Å²) in [6, 6.07) is 32.0. The first-order valence-corrected chi connectivity index (χ1v) is 8.88. The number of allylic oxidation sites excluding steroid dienone is 1. The van der Waals surface area contributed by atoms with Gasteiger partial charge in [-0.15, -0.1) is 0 Å². The maximum Gasteiger partial charge on any atom is 0.0259 e. The SMILES string of the molecule is ICC(=C(c1ccccc1)c1ccccc1)c1ccccc1. The monoisotopic (exact) mass is 396 g/mol. The fraction of sp³-hybridized carbons (Fsp3) is 0.0476. The van der Waals surface area contributed by atoms with Crippen LogP contribution in [0.15, 0.2) is 91.0 Å². The maximum atomic E-state index is 2.46. The number of hydrogen-bond acceptors (Lipinski definition) is 0. The first-order chi connectivity index (χ1) is 10.9. The summed E-state index contributed by atoms with van der Waals surface area (Å²) in [6.07, 6.45) is 0. The van der Waals surface area contributed by atoms with E-state index < -0.39 is 0 Å². The molecule has 3 aromatic carbocycles. The fourth-order valence-electron chi connectivity index (χ4n) is 2.65. The van der Waals surface area contributed by atoms with Crippen LogP contribution in [-0.2, 0) is 0 Å². The molecule has 3 aromatic rings. The molecule has 0 spiro atoms. The van der Waals surface area contributed by atoms with Gasteiger partial charge in [0.25, 0.3) is 0 Å². The molecule has 3 rings (SSSR count). The van der Waals surface area contributed by atoms with Gasteiger partial charge in [-0.1, -0.05) is 114 Å². The van der Waals surface area contributed by atoms with Crippen LogP contribution in [0.5, 0.6) is 0 Å². The number of halogens is 1. The number of rotatable bonds is 4. The minimum Gasteiger partial charge on any atom is -0.0811 e. The molecule has 0 aromatic heterocycles. The van der Waals surface area contributed by atoms with E-state index in [1.807, 2.05) is 0 Å². The number of benzene rings is 3. The molecule has 0 saturated heterocycles. The van der Waals surface area contributed by atoms with Gasteiger partial charge in [0, 0.05) is 4.43 Å².